The molecule has 0 aliphatic heterocycles. The van der Waals surface area contributed by atoms with E-state index in [4.69, 9.17) is 0 Å². The third kappa shape index (κ3) is 3.28. The number of thiazole rings is 1. The molecule has 106 valence electrons. The number of hydrogen-bond acceptors (Lipinski definition) is 3. The van der Waals surface area contributed by atoms with Gasteiger partial charge in [-0.1, -0.05) is 43.2 Å². The van der Waals surface area contributed by atoms with Gasteiger partial charge in [0, 0.05) is 23.7 Å². The van der Waals surface area contributed by atoms with Crippen LogP contribution in [0.3, 0.4) is 0 Å². The summed E-state index contributed by atoms with van der Waals surface area (Å²) in [5, 5.41) is 4.93. The largest absolute Gasteiger partial charge is 0.308 e. The van der Waals surface area contributed by atoms with Gasteiger partial charge in [0.15, 0.2) is 0 Å². The molecule has 1 aliphatic rings. The molecular formula is C17H22N2S. The quantitative estimate of drug-likeness (QED) is 0.908. The van der Waals surface area contributed by atoms with Gasteiger partial charge in [0.1, 0.15) is 0 Å². The van der Waals surface area contributed by atoms with Crippen molar-refractivity contribution in [2.75, 3.05) is 0 Å². The first-order valence-electron chi connectivity index (χ1n) is 7.52. The zero-order valence-corrected chi connectivity index (χ0v) is 12.8. The van der Waals surface area contributed by atoms with Crippen LogP contribution in [0.1, 0.15) is 47.0 Å². The van der Waals surface area contributed by atoms with Crippen LogP contribution in [0.25, 0.3) is 0 Å². The van der Waals surface area contributed by atoms with Gasteiger partial charge in [-0.15, -0.1) is 11.3 Å². The SMILES string of the molecule is Cc1ncc(CNC2CCCCC2c2ccccc2)s1. The van der Waals surface area contributed by atoms with Crippen molar-refractivity contribution in [3.8, 4) is 0 Å². The van der Waals surface area contributed by atoms with Crippen LogP contribution in [0.15, 0.2) is 36.5 Å². The van der Waals surface area contributed by atoms with E-state index in [0.717, 1.165) is 11.6 Å². The standard InChI is InChI=1S/C17H22N2S/c1-13-18-11-15(20-13)12-19-17-10-6-5-9-16(17)14-7-3-2-4-8-14/h2-4,7-8,11,16-17,19H,5-6,9-10,12H2,1H3. The van der Waals surface area contributed by atoms with E-state index in [1.54, 1.807) is 11.3 Å². The molecule has 2 unspecified atom stereocenters. The van der Waals surface area contributed by atoms with Crippen LogP contribution < -0.4 is 5.32 Å². The van der Waals surface area contributed by atoms with Crippen molar-refractivity contribution >= 4 is 11.3 Å². The topological polar surface area (TPSA) is 24.9 Å². The fraction of sp³-hybridized carbons (Fsp3) is 0.471. The lowest BCUT2D eigenvalue weighted by Gasteiger charge is -2.32. The van der Waals surface area contributed by atoms with Crippen molar-refractivity contribution in [3.05, 3.63) is 52.0 Å². The molecule has 3 rings (SSSR count). The Hall–Kier alpha value is -1.19. The molecule has 1 heterocycles. The molecule has 20 heavy (non-hydrogen) atoms. The van der Waals surface area contributed by atoms with Gasteiger partial charge >= 0.3 is 0 Å². The minimum absolute atomic E-state index is 0.605. The van der Waals surface area contributed by atoms with Gasteiger partial charge in [-0.2, -0.15) is 0 Å². The van der Waals surface area contributed by atoms with Gasteiger partial charge in [0.05, 0.1) is 5.01 Å². The first-order valence-corrected chi connectivity index (χ1v) is 8.34. The molecule has 0 radical (unpaired) electrons. The normalized spacial score (nSPS) is 22.9. The Kier molecular flexibility index (Phi) is 4.48. The lowest BCUT2D eigenvalue weighted by atomic mass is 9.80. The lowest BCUT2D eigenvalue weighted by molar-refractivity contribution is 0.327. The van der Waals surface area contributed by atoms with Crippen LogP contribution in [-0.4, -0.2) is 11.0 Å². The molecule has 0 saturated heterocycles. The number of aryl methyl sites for hydroxylation is 1. The number of rotatable bonds is 4. The summed E-state index contributed by atoms with van der Waals surface area (Å²) in [5.41, 5.74) is 1.49. The van der Waals surface area contributed by atoms with Crippen LogP contribution in [-0.2, 0) is 6.54 Å². The Morgan fingerprint density at radius 1 is 1.20 bits per heavy atom. The predicted octanol–water partition coefficient (Wildman–Crippen LogP) is 4.27. The summed E-state index contributed by atoms with van der Waals surface area (Å²) in [6.45, 7) is 3.03. The first-order chi connectivity index (χ1) is 9.83. The fourth-order valence-corrected chi connectivity index (χ4v) is 3.94. The maximum Gasteiger partial charge on any atom is 0.0897 e. The molecule has 2 atom stereocenters. The van der Waals surface area contributed by atoms with E-state index < -0.39 is 0 Å². The third-order valence-corrected chi connectivity index (χ3v) is 5.11. The molecule has 1 aromatic heterocycles. The van der Waals surface area contributed by atoms with Gasteiger partial charge in [0.25, 0.3) is 0 Å². The zero-order chi connectivity index (χ0) is 13.8. The van der Waals surface area contributed by atoms with Gasteiger partial charge in [-0.3, -0.25) is 0 Å². The minimum Gasteiger partial charge on any atom is -0.308 e. The number of aromatic nitrogens is 1. The lowest BCUT2D eigenvalue weighted by Crippen LogP contribution is -2.36. The van der Waals surface area contributed by atoms with Gasteiger partial charge in [0.2, 0.25) is 0 Å². The van der Waals surface area contributed by atoms with Crippen molar-refractivity contribution in [1.82, 2.24) is 10.3 Å². The fourth-order valence-electron chi connectivity index (χ4n) is 3.19. The average molecular weight is 286 g/mol. The second-order valence-corrected chi connectivity index (χ2v) is 6.95. The van der Waals surface area contributed by atoms with E-state index in [2.05, 4.69) is 47.6 Å². The summed E-state index contributed by atoms with van der Waals surface area (Å²) in [7, 11) is 0. The third-order valence-electron chi connectivity index (χ3n) is 4.20. The molecule has 2 aromatic rings. The van der Waals surface area contributed by atoms with Crippen LogP contribution in [0.4, 0.5) is 0 Å². The molecule has 0 spiro atoms. The highest BCUT2D eigenvalue weighted by molar-refractivity contribution is 7.11. The van der Waals surface area contributed by atoms with E-state index in [-0.39, 0.29) is 0 Å². The second-order valence-electron chi connectivity index (χ2n) is 5.63. The summed E-state index contributed by atoms with van der Waals surface area (Å²) in [6.07, 6.45) is 7.31. The number of benzene rings is 1. The highest BCUT2D eigenvalue weighted by atomic mass is 32.1. The van der Waals surface area contributed by atoms with Gasteiger partial charge in [-0.25, -0.2) is 4.98 Å². The van der Waals surface area contributed by atoms with Crippen molar-refractivity contribution in [3.63, 3.8) is 0 Å². The van der Waals surface area contributed by atoms with Crippen molar-refractivity contribution in [1.29, 1.82) is 0 Å². The molecule has 1 aliphatic carbocycles. The smallest absolute Gasteiger partial charge is 0.0897 e. The molecule has 3 heteroatoms. The molecule has 1 N–H and O–H groups in total. The molecule has 2 nitrogen and oxygen atoms in total. The molecule has 1 saturated carbocycles. The molecule has 1 fully saturated rings. The van der Waals surface area contributed by atoms with Crippen LogP contribution in [0.5, 0.6) is 0 Å². The Bertz CT molecular complexity index is 535. The van der Waals surface area contributed by atoms with Crippen LogP contribution >= 0.6 is 11.3 Å². The van der Waals surface area contributed by atoms with E-state index >= 15 is 0 Å². The predicted molar refractivity (Wildman–Crippen MR) is 85.1 cm³/mol. The highest BCUT2D eigenvalue weighted by Crippen LogP contribution is 2.33. The number of nitrogens with zero attached hydrogens (tertiary/aromatic N) is 1. The maximum absolute atomic E-state index is 4.34. The maximum atomic E-state index is 4.34. The van der Waals surface area contributed by atoms with Gasteiger partial charge < -0.3 is 5.32 Å². The summed E-state index contributed by atoms with van der Waals surface area (Å²) >= 11 is 1.80. The van der Waals surface area contributed by atoms with Gasteiger partial charge in [-0.05, 0) is 31.2 Å². The van der Waals surface area contributed by atoms with E-state index in [0.29, 0.717) is 12.0 Å². The molecular weight excluding hydrogens is 264 g/mol. The van der Waals surface area contributed by atoms with E-state index in [9.17, 15) is 0 Å². The first kappa shape index (κ1) is 13.8. The number of hydrogen-bond donors (Lipinski definition) is 1. The van der Waals surface area contributed by atoms with E-state index in [1.807, 2.05) is 6.20 Å². The van der Waals surface area contributed by atoms with Crippen molar-refractivity contribution in [2.24, 2.45) is 0 Å². The second kappa shape index (κ2) is 6.51. The Labute approximate surface area is 125 Å². The van der Waals surface area contributed by atoms with Crippen LogP contribution in [0, 0.1) is 6.92 Å². The molecule has 0 amide bonds. The molecule has 1 aromatic carbocycles. The highest BCUT2D eigenvalue weighted by Gasteiger charge is 2.25. The summed E-state index contributed by atoms with van der Waals surface area (Å²) in [6, 6.07) is 11.6. The molecule has 0 bridgehead atoms. The Balaban J connectivity index is 1.66. The summed E-state index contributed by atoms with van der Waals surface area (Å²) in [5.74, 6) is 0.666. The number of nitrogens with one attached hydrogen (secondary N) is 1. The monoisotopic (exact) mass is 286 g/mol. The summed E-state index contributed by atoms with van der Waals surface area (Å²) < 4.78 is 0. The minimum atomic E-state index is 0.605. The zero-order valence-electron chi connectivity index (χ0n) is 12.0. The summed E-state index contributed by atoms with van der Waals surface area (Å²) in [4.78, 5) is 5.68. The van der Waals surface area contributed by atoms with Crippen LogP contribution in [0.2, 0.25) is 0 Å². The van der Waals surface area contributed by atoms with Crippen molar-refractivity contribution in [2.45, 2.75) is 51.1 Å². The Morgan fingerprint density at radius 3 is 2.75 bits per heavy atom. The Morgan fingerprint density at radius 2 is 2.00 bits per heavy atom. The average Bonchev–Trinajstić information content (AvgIpc) is 2.92. The van der Waals surface area contributed by atoms with Crippen molar-refractivity contribution < 1.29 is 0 Å². The van der Waals surface area contributed by atoms with E-state index in [1.165, 1.54) is 36.1 Å².